The third-order valence-corrected chi connectivity index (χ3v) is 4.28. The number of benzene rings is 1. The van der Waals surface area contributed by atoms with Crippen molar-refractivity contribution in [2.45, 2.75) is 44.7 Å². The van der Waals surface area contributed by atoms with Crippen molar-refractivity contribution in [3.05, 3.63) is 35.9 Å². The summed E-state index contributed by atoms with van der Waals surface area (Å²) >= 11 is 0. The Labute approximate surface area is 131 Å². The van der Waals surface area contributed by atoms with Gasteiger partial charge in [0.15, 0.2) is 0 Å². The van der Waals surface area contributed by atoms with E-state index in [4.69, 9.17) is 5.73 Å². The lowest BCUT2D eigenvalue weighted by molar-refractivity contribution is -0.129. The second-order valence-corrected chi connectivity index (χ2v) is 6.22. The Hall–Kier alpha value is -1.88. The molecule has 2 unspecified atom stereocenters. The van der Waals surface area contributed by atoms with Gasteiger partial charge in [-0.2, -0.15) is 0 Å². The molecule has 1 aromatic rings. The Morgan fingerprint density at radius 3 is 2.68 bits per heavy atom. The molecular weight excluding hydrogens is 278 g/mol. The van der Waals surface area contributed by atoms with Crippen LogP contribution in [0.5, 0.6) is 0 Å². The molecule has 1 aliphatic heterocycles. The largest absolute Gasteiger partial charge is 0.354 e. The molecule has 1 saturated heterocycles. The number of amides is 2. The van der Waals surface area contributed by atoms with E-state index in [1.807, 2.05) is 32.0 Å². The highest BCUT2D eigenvalue weighted by atomic mass is 16.2. The van der Waals surface area contributed by atoms with Gasteiger partial charge in [-0.05, 0) is 45.2 Å². The quantitative estimate of drug-likeness (QED) is 0.866. The molecule has 120 valence electrons. The van der Waals surface area contributed by atoms with Crippen molar-refractivity contribution in [3.8, 4) is 0 Å². The number of hydrogen-bond donors (Lipinski definition) is 2. The first-order valence-corrected chi connectivity index (χ1v) is 7.86. The van der Waals surface area contributed by atoms with Crippen LogP contribution in [0.1, 0.15) is 43.5 Å². The maximum absolute atomic E-state index is 12.7. The average molecular weight is 303 g/mol. The third kappa shape index (κ3) is 3.47. The summed E-state index contributed by atoms with van der Waals surface area (Å²) < 4.78 is 0. The smallest absolute Gasteiger partial charge is 0.254 e. The van der Waals surface area contributed by atoms with Crippen LogP contribution in [0.3, 0.4) is 0 Å². The summed E-state index contributed by atoms with van der Waals surface area (Å²) in [6.45, 7) is 4.92. The zero-order valence-corrected chi connectivity index (χ0v) is 13.3. The first-order valence-electron chi connectivity index (χ1n) is 7.86. The molecule has 0 aromatic heterocycles. The molecule has 5 nitrogen and oxygen atoms in total. The predicted octanol–water partition coefficient (Wildman–Crippen LogP) is 1.53. The van der Waals surface area contributed by atoms with Gasteiger partial charge in [0.25, 0.3) is 5.91 Å². The SMILES string of the molecule is CC(N)CCNC(=O)C1(C)CCCN1C(=O)c1ccccc1. The van der Waals surface area contributed by atoms with Gasteiger partial charge in [-0.25, -0.2) is 0 Å². The molecule has 1 fully saturated rings. The highest BCUT2D eigenvalue weighted by molar-refractivity contribution is 5.99. The van der Waals surface area contributed by atoms with E-state index in [0.29, 0.717) is 25.1 Å². The maximum atomic E-state index is 12.7. The first-order chi connectivity index (χ1) is 10.4. The lowest BCUT2D eigenvalue weighted by Crippen LogP contribution is -2.55. The van der Waals surface area contributed by atoms with Gasteiger partial charge in [-0.3, -0.25) is 9.59 Å². The Morgan fingerprint density at radius 1 is 1.36 bits per heavy atom. The van der Waals surface area contributed by atoms with E-state index in [1.165, 1.54) is 0 Å². The molecule has 2 atom stereocenters. The van der Waals surface area contributed by atoms with Gasteiger partial charge in [0.1, 0.15) is 5.54 Å². The lowest BCUT2D eigenvalue weighted by Gasteiger charge is -2.34. The van der Waals surface area contributed by atoms with Crippen molar-refractivity contribution in [1.29, 1.82) is 0 Å². The predicted molar refractivity (Wildman–Crippen MR) is 86.4 cm³/mol. The molecule has 2 rings (SSSR count). The highest BCUT2D eigenvalue weighted by Gasteiger charge is 2.45. The summed E-state index contributed by atoms with van der Waals surface area (Å²) in [4.78, 5) is 26.9. The molecule has 22 heavy (non-hydrogen) atoms. The third-order valence-electron chi connectivity index (χ3n) is 4.28. The molecule has 0 spiro atoms. The number of nitrogens with one attached hydrogen (secondary N) is 1. The van der Waals surface area contributed by atoms with Crippen LogP contribution in [-0.4, -0.2) is 41.4 Å². The van der Waals surface area contributed by atoms with Gasteiger partial charge in [0, 0.05) is 24.7 Å². The molecule has 0 bridgehead atoms. The van der Waals surface area contributed by atoms with E-state index in [1.54, 1.807) is 17.0 Å². The van der Waals surface area contributed by atoms with Gasteiger partial charge in [-0.15, -0.1) is 0 Å². The monoisotopic (exact) mass is 303 g/mol. The van der Waals surface area contributed by atoms with Crippen molar-refractivity contribution in [2.75, 3.05) is 13.1 Å². The molecule has 1 heterocycles. The number of carbonyl (C=O) groups is 2. The van der Waals surface area contributed by atoms with Gasteiger partial charge in [0.2, 0.25) is 5.91 Å². The van der Waals surface area contributed by atoms with Crippen LogP contribution in [0.4, 0.5) is 0 Å². The number of carbonyl (C=O) groups excluding carboxylic acids is 2. The minimum Gasteiger partial charge on any atom is -0.354 e. The number of rotatable bonds is 5. The van der Waals surface area contributed by atoms with Crippen LogP contribution in [0, 0.1) is 0 Å². The van der Waals surface area contributed by atoms with Crippen molar-refractivity contribution in [1.82, 2.24) is 10.2 Å². The van der Waals surface area contributed by atoms with Crippen molar-refractivity contribution in [3.63, 3.8) is 0 Å². The summed E-state index contributed by atoms with van der Waals surface area (Å²) in [5, 5.41) is 2.92. The molecule has 0 radical (unpaired) electrons. The normalized spacial score (nSPS) is 22.4. The molecule has 2 amide bonds. The van der Waals surface area contributed by atoms with Crippen LogP contribution in [0.2, 0.25) is 0 Å². The van der Waals surface area contributed by atoms with E-state index in [-0.39, 0.29) is 17.9 Å². The number of likely N-dealkylation sites (tertiary alicyclic amines) is 1. The van der Waals surface area contributed by atoms with E-state index in [0.717, 1.165) is 12.8 Å². The Kier molecular flexibility index (Phi) is 5.19. The number of nitrogens with two attached hydrogens (primary N) is 1. The fourth-order valence-corrected chi connectivity index (χ4v) is 2.87. The fourth-order valence-electron chi connectivity index (χ4n) is 2.87. The van der Waals surface area contributed by atoms with Crippen molar-refractivity contribution in [2.24, 2.45) is 5.73 Å². The van der Waals surface area contributed by atoms with Gasteiger partial charge in [0.05, 0.1) is 0 Å². The number of nitrogens with zero attached hydrogens (tertiary/aromatic N) is 1. The van der Waals surface area contributed by atoms with Gasteiger partial charge in [-0.1, -0.05) is 18.2 Å². The second kappa shape index (κ2) is 6.92. The summed E-state index contributed by atoms with van der Waals surface area (Å²) in [5.41, 5.74) is 5.55. The van der Waals surface area contributed by atoms with Gasteiger partial charge < -0.3 is 16.0 Å². The minimum atomic E-state index is -0.773. The molecule has 0 saturated carbocycles. The first kappa shape index (κ1) is 16.5. The van der Waals surface area contributed by atoms with Crippen molar-refractivity contribution < 1.29 is 9.59 Å². The summed E-state index contributed by atoms with van der Waals surface area (Å²) in [7, 11) is 0. The van der Waals surface area contributed by atoms with Gasteiger partial charge >= 0.3 is 0 Å². The van der Waals surface area contributed by atoms with Crippen molar-refractivity contribution >= 4 is 11.8 Å². The zero-order chi connectivity index (χ0) is 16.2. The topological polar surface area (TPSA) is 75.4 Å². The maximum Gasteiger partial charge on any atom is 0.254 e. The molecule has 3 N–H and O–H groups in total. The lowest BCUT2D eigenvalue weighted by atomic mass is 9.96. The summed E-state index contributed by atoms with van der Waals surface area (Å²) in [6, 6.07) is 9.18. The summed E-state index contributed by atoms with van der Waals surface area (Å²) in [6.07, 6.45) is 2.26. The number of hydrogen-bond acceptors (Lipinski definition) is 3. The fraction of sp³-hybridized carbons (Fsp3) is 0.529. The molecule has 1 aliphatic rings. The van der Waals surface area contributed by atoms with Crippen LogP contribution in [-0.2, 0) is 4.79 Å². The highest BCUT2D eigenvalue weighted by Crippen LogP contribution is 2.30. The molecular formula is C17H25N3O2. The van der Waals surface area contributed by atoms with E-state index in [2.05, 4.69) is 5.32 Å². The minimum absolute atomic E-state index is 0.0544. The molecule has 5 heteroatoms. The van der Waals surface area contributed by atoms with Crippen LogP contribution in [0.15, 0.2) is 30.3 Å². The Balaban J connectivity index is 2.08. The standard InChI is InChI=1S/C17H25N3O2/c1-13(18)9-11-19-16(22)17(2)10-6-12-20(17)15(21)14-7-4-3-5-8-14/h3-5,7-8,13H,6,9-12,18H2,1-2H3,(H,19,22). The Morgan fingerprint density at radius 2 is 2.05 bits per heavy atom. The average Bonchev–Trinajstić information content (AvgIpc) is 2.90. The summed E-state index contributed by atoms with van der Waals surface area (Å²) in [5.74, 6) is -0.169. The van der Waals surface area contributed by atoms with E-state index < -0.39 is 5.54 Å². The Bertz CT molecular complexity index is 530. The van der Waals surface area contributed by atoms with Crippen LogP contribution in [0.25, 0.3) is 0 Å². The van der Waals surface area contributed by atoms with Crippen LogP contribution < -0.4 is 11.1 Å². The molecule has 1 aromatic carbocycles. The zero-order valence-electron chi connectivity index (χ0n) is 13.3. The van der Waals surface area contributed by atoms with E-state index in [9.17, 15) is 9.59 Å². The van der Waals surface area contributed by atoms with Crippen LogP contribution >= 0.6 is 0 Å². The van der Waals surface area contributed by atoms with E-state index >= 15 is 0 Å². The second-order valence-electron chi connectivity index (χ2n) is 6.22. The molecule has 0 aliphatic carbocycles.